The molecule has 0 aliphatic heterocycles. The Balaban J connectivity index is 2.95. The summed E-state index contributed by atoms with van der Waals surface area (Å²) in [5.41, 5.74) is 7.04. The van der Waals surface area contributed by atoms with E-state index in [1.807, 2.05) is 24.3 Å². The van der Waals surface area contributed by atoms with E-state index in [-0.39, 0.29) is 13.1 Å². The van der Waals surface area contributed by atoms with Crippen LogP contribution < -0.4 is 10.6 Å². The summed E-state index contributed by atoms with van der Waals surface area (Å²) in [4.78, 5) is 1.63. The van der Waals surface area contributed by atoms with Gasteiger partial charge < -0.3 is 10.6 Å². The molecule has 1 aromatic carbocycles. The van der Waals surface area contributed by atoms with Crippen LogP contribution in [0.4, 0.5) is 11.4 Å². The third-order valence-electron chi connectivity index (χ3n) is 1.80. The van der Waals surface area contributed by atoms with Crippen molar-refractivity contribution < 1.29 is 0 Å². The van der Waals surface area contributed by atoms with E-state index < -0.39 is 0 Å². The Labute approximate surface area is 82.8 Å². The number of para-hydroxylation sites is 2. The van der Waals surface area contributed by atoms with Crippen molar-refractivity contribution >= 4 is 11.4 Å². The molecule has 0 heterocycles. The third-order valence-corrected chi connectivity index (χ3v) is 1.80. The zero-order chi connectivity index (χ0) is 10.4. The number of nitrogens with two attached hydrogens (primary N) is 1. The van der Waals surface area contributed by atoms with Gasteiger partial charge in [-0.05, 0) is 12.1 Å². The SMILES string of the molecule is N#CCN(CC#N)c1ccccc1N. The Morgan fingerprint density at radius 3 is 2.21 bits per heavy atom. The number of nitriles is 2. The molecular formula is C10H10N4. The quantitative estimate of drug-likeness (QED) is 0.567. The molecule has 0 atom stereocenters. The summed E-state index contributed by atoms with van der Waals surface area (Å²) in [5.74, 6) is 0. The minimum absolute atomic E-state index is 0.168. The number of nitrogen functional groups attached to an aromatic ring is 1. The summed E-state index contributed by atoms with van der Waals surface area (Å²) < 4.78 is 0. The summed E-state index contributed by atoms with van der Waals surface area (Å²) >= 11 is 0. The highest BCUT2D eigenvalue weighted by atomic mass is 15.1. The standard InChI is InChI=1S/C10H10N4/c11-5-7-14(8-6-12)10-4-2-1-3-9(10)13/h1-4H,7-8,13H2. The monoisotopic (exact) mass is 186 g/mol. The molecule has 2 N–H and O–H groups in total. The van der Waals surface area contributed by atoms with Gasteiger partial charge >= 0.3 is 0 Å². The molecule has 0 aliphatic carbocycles. The predicted molar refractivity (Wildman–Crippen MR) is 54.3 cm³/mol. The number of hydrogen-bond donors (Lipinski definition) is 1. The van der Waals surface area contributed by atoms with E-state index >= 15 is 0 Å². The molecule has 70 valence electrons. The molecule has 0 saturated heterocycles. The van der Waals surface area contributed by atoms with Gasteiger partial charge in [-0.3, -0.25) is 0 Å². The lowest BCUT2D eigenvalue weighted by molar-refractivity contribution is 0.968. The molecule has 0 radical (unpaired) electrons. The normalized spacial score (nSPS) is 8.71. The van der Waals surface area contributed by atoms with E-state index in [1.165, 1.54) is 0 Å². The summed E-state index contributed by atoms with van der Waals surface area (Å²) in [7, 11) is 0. The smallest absolute Gasteiger partial charge is 0.107 e. The molecule has 0 unspecified atom stereocenters. The Bertz CT molecular complexity index is 370. The first kappa shape index (κ1) is 9.88. The molecule has 14 heavy (non-hydrogen) atoms. The first-order valence-electron chi connectivity index (χ1n) is 4.13. The van der Waals surface area contributed by atoms with Gasteiger partial charge in [0.15, 0.2) is 0 Å². The molecule has 0 aliphatic rings. The van der Waals surface area contributed by atoms with E-state index in [0.29, 0.717) is 5.69 Å². The van der Waals surface area contributed by atoms with Crippen molar-refractivity contribution in [1.82, 2.24) is 0 Å². The topological polar surface area (TPSA) is 76.8 Å². The van der Waals surface area contributed by atoms with Crippen molar-refractivity contribution in [3.8, 4) is 12.1 Å². The van der Waals surface area contributed by atoms with E-state index in [2.05, 4.69) is 0 Å². The minimum atomic E-state index is 0.168. The molecule has 1 rings (SSSR count). The van der Waals surface area contributed by atoms with Gasteiger partial charge in [0, 0.05) is 0 Å². The number of hydrogen-bond acceptors (Lipinski definition) is 4. The summed E-state index contributed by atoms with van der Waals surface area (Å²) in [5, 5.41) is 17.1. The van der Waals surface area contributed by atoms with Gasteiger partial charge in [-0.25, -0.2) is 0 Å². The van der Waals surface area contributed by atoms with E-state index in [0.717, 1.165) is 5.69 Å². The number of nitrogens with zero attached hydrogens (tertiary/aromatic N) is 3. The van der Waals surface area contributed by atoms with Crippen LogP contribution in [0.3, 0.4) is 0 Å². The lowest BCUT2D eigenvalue weighted by atomic mass is 10.2. The average Bonchev–Trinajstić information content (AvgIpc) is 2.18. The first-order chi connectivity index (χ1) is 6.79. The maximum absolute atomic E-state index is 8.57. The molecule has 0 fully saturated rings. The molecule has 1 aromatic rings. The van der Waals surface area contributed by atoms with Crippen molar-refractivity contribution in [1.29, 1.82) is 10.5 Å². The van der Waals surface area contributed by atoms with Crippen LogP contribution in [0.5, 0.6) is 0 Å². The Kier molecular flexibility index (Phi) is 3.34. The molecule has 0 saturated carbocycles. The van der Waals surface area contributed by atoms with Crippen molar-refractivity contribution in [3.05, 3.63) is 24.3 Å². The first-order valence-corrected chi connectivity index (χ1v) is 4.13. The largest absolute Gasteiger partial charge is 0.397 e. The van der Waals surface area contributed by atoms with Crippen LogP contribution in [0, 0.1) is 22.7 Å². The molecule has 0 amide bonds. The maximum atomic E-state index is 8.57. The highest BCUT2D eigenvalue weighted by Crippen LogP contribution is 2.21. The fourth-order valence-electron chi connectivity index (χ4n) is 1.17. The molecule has 0 spiro atoms. The second-order valence-corrected chi connectivity index (χ2v) is 2.73. The highest BCUT2D eigenvalue weighted by molar-refractivity contribution is 5.67. The van der Waals surface area contributed by atoms with Crippen LogP contribution >= 0.6 is 0 Å². The van der Waals surface area contributed by atoms with Gasteiger partial charge in [0.05, 0.1) is 23.5 Å². The van der Waals surface area contributed by atoms with Gasteiger partial charge in [0.1, 0.15) is 13.1 Å². The second-order valence-electron chi connectivity index (χ2n) is 2.73. The minimum Gasteiger partial charge on any atom is -0.397 e. The van der Waals surface area contributed by atoms with E-state index in [1.54, 1.807) is 17.0 Å². The Hall–Kier alpha value is -2.20. The zero-order valence-corrected chi connectivity index (χ0v) is 7.64. The van der Waals surface area contributed by atoms with E-state index in [9.17, 15) is 0 Å². The van der Waals surface area contributed by atoms with Crippen LogP contribution in [0.1, 0.15) is 0 Å². The second kappa shape index (κ2) is 4.74. The lowest BCUT2D eigenvalue weighted by Crippen LogP contribution is -2.24. The Morgan fingerprint density at radius 1 is 1.14 bits per heavy atom. The number of anilines is 2. The van der Waals surface area contributed by atoms with Crippen LogP contribution in [0.2, 0.25) is 0 Å². The van der Waals surface area contributed by atoms with E-state index in [4.69, 9.17) is 16.3 Å². The van der Waals surface area contributed by atoms with Crippen molar-refractivity contribution in [2.45, 2.75) is 0 Å². The fraction of sp³-hybridized carbons (Fsp3) is 0.200. The third kappa shape index (κ3) is 2.15. The lowest BCUT2D eigenvalue weighted by Gasteiger charge is -2.19. The van der Waals surface area contributed by atoms with Gasteiger partial charge in [-0.2, -0.15) is 10.5 Å². The molecule has 0 bridgehead atoms. The van der Waals surface area contributed by atoms with Gasteiger partial charge in [0.2, 0.25) is 0 Å². The van der Waals surface area contributed by atoms with Gasteiger partial charge in [0.25, 0.3) is 0 Å². The maximum Gasteiger partial charge on any atom is 0.107 e. The molecule has 4 nitrogen and oxygen atoms in total. The summed E-state index contributed by atoms with van der Waals surface area (Å²) in [6, 6.07) is 11.2. The zero-order valence-electron chi connectivity index (χ0n) is 7.64. The summed E-state index contributed by atoms with van der Waals surface area (Å²) in [6.45, 7) is 0.337. The molecular weight excluding hydrogens is 176 g/mol. The van der Waals surface area contributed by atoms with Gasteiger partial charge in [-0.1, -0.05) is 12.1 Å². The molecule has 0 aromatic heterocycles. The van der Waals surface area contributed by atoms with Gasteiger partial charge in [-0.15, -0.1) is 0 Å². The average molecular weight is 186 g/mol. The van der Waals surface area contributed by atoms with Crippen LogP contribution in [-0.4, -0.2) is 13.1 Å². The fourth-order valence-corrected chi connectivity index (χ4v) is 1.17. The number of benzene rings is 1. The molecule has 4 heteroatoms. The number of rotatable bonds is 3. The van der Waals surface area contributed by atoms with Crippen LogP contribution in [-0.2, 0) is 0 Å². The summed E-state index contributed by atoms with van der Waals surface area (Å²) in [6.07, 6.45) is 0. The van der Waals surface area contributed by atoms with Crippen LogP contribution in [0.25, 0.3) is 0 Å². The van der Waals surface area contributed by atoms with Crippen molar-refractivity contribution in [2.75, 3.05) is 23.7 Å². The predicted octanol–water partition coefficient (Wildman–Crippen LogP) is 1.12. The van der Waals surface area contributed by atoms with Crippen molar-refractivity contribution in [3.63, 3.8) is 0 Å². The van der Waals surface area contributed by atoms with Crippen LogP contribution in [0.15, 0.2) is 24.3 Å². The van der Waals surface area contributed by atoms with Crippen molar-refractivity contribution in [2.24, 2.45) is 0 Å². The Morgan fingerprint density at radius 2 is 1.71 bits per heavy atom. The highest BCUT2D eigenvalue weighted by Gasteiger charge is 2.07.